The van der Waals surface area contributed by atoms with E-state index in [1.165, 1.54) is 4.90 Å². The third-order valence-electron chi connectivity index (χ3n) is 3.89. The van der Waals surface area contributed by atoms with E-state index in [1.54, 1.807) is 44.3 Å². The number of aromatic nitrogens is 2. The highest BCUT2D eigenvalue weighted by Crippen LogP contribution is 2.29. The number of nitrogen functional groups attached to an aromatic ring is 1. The highest BCUT2D eigenvalue weighted by molar-refractivity contribution is 8.17. The molecular formula is C19H22N4O3S. The van der Waals surface area contributed by atoms with Crippen LogP contribution in [0.5, 0.6) is 0 Å². The second-order valence-corrected chi connectivity index (χ2v) is 6.87. The number of carbonyl (C=O) groups is 2. The Labute approximate surface area is 162 Å². The summed E-state index contributed by atoms with van der Waals surface area (Å²) >= 11 is 1.01. The fourth-order valence-corrected chi connectivity index (χ4v) is 3.30. The summed E-state index contributed by atoms with van der Waals surface area (Å²) in [6, 6.07) is 8.85. The average molecular weight is 386 g/mol. The Bertz CT molecular complexity index is 840. The van der Waals surface area contributed by atoms with Crippen LogP contribution < -0.4 is 5.73 Å². The van der Waals surface area contributed by atoms with E-state index < -0.39 is 0 Å². The lowest BCUT2D eigenvalue weighted by molar-refractivity contribution is -0.116. The first-order valence-corrected chi connectivity index (χ1v) is 9.15. The van der Waals surface area contributed by atoms with Gasteiger partial charge in [-0.1, -0.05) is 30.3 Å². The number of anilines is 1. The molecule has 1 amide bonds. The number of hydrogen-bond acceptors (Lipinski definition) is 7. The number of benzene rings is 1. The van der Waals surface area contributed by atoms with Gasteiger partial charge in [-0.25, -0.2) is 9.97 Å². The van der Waals surface area contributed by atoms with Gasteiger partial charge < -0.3 is 15.7 Å². The molecule has 0 bridgehead atoms. The van der Waals surface area contributed by atoms with Gasteiger partial charge in [-0.05, 0) is 25.6 Å². The van der Waals surface area contributed by atoms with Gasteiger partial charge in [0.25, 0.3) is 0 Å². The lowest BCUT2D eigenvalue weighted by Crippen LogP contribution is -2.22. The molecule has 1 heterocycles. The lowest BCUT2D eigenvalue weighted by Gasteiger charge is -2.22. The first kappa shape index (κ1) is 20.6. The Kier molecular flexibility index (Phi) is 7.51. The van der Waals surface area contributed by atoms with E-state index in [9.17, 15) is 14.7 Å². The quantitative estimate of drug-likeness (QED) is 0.671. The van der Waals surface area contributed by atoms with Crippen LogP contribution in [0.25, 0.3) is 0 Å². The molecule has 2 aromatic rings. The van der Waals surface area contributed by atoms with Crippen molar-refractivity contribution in [2.75, 3.05) is 12.3 Å². The lowest BCUT2D eigenvalue weighted by atomic mass is 10.2. The largest absolute Gasteiger partial charge is 0.396 e. The molecule has 142 valence electrons. The molecule has 0 radical (unpaired) electrons. The van der Waals surface area contributed by atoms with Crippen LogP contribution in [0.4, 0.5) is 5.82 Å². The minimum absolute atomic E-state index is 0.135. The molecule has 1 aromatic heterocycles. The fourth-order valence-electron chi connectivity index (χ4n) is 2.37. The molecule has 0 saturated carbocycles. The molecule has 0 aliphatic rings. The van der Waals surface area contributed by atoms with Gasteiger partial charge in [0.05, 0.1) is 6.54 Å². The smallest absolute Gasteiger partial charge is 0.223 e. The van der Waals surface area contributed by atoms with Crippen LogP contribution in [0.2, 0.25) is 0 Å². The van der Waals surface area contributed by atoms with E-state index in [0.717, 1.165) is 11.8 Å². The molecule has 0 atom stereocenters. The normalized spacial score (nSPS) is 11.7. The van der Waals surface area contributed by atoms with Crippen molar-refractivity contribution in [2.45, 2.75) is 26.8 Å². The monoisotopic (exact) mass is 386 g/mol. The zero-order chi connectivity index (χ0) is 19.8. The van der Waals surface area contributed by atoms with Crippen molar-refractivity contribution in [1.29, 1.82) is 0 Å². The molecule has 0 aliphatic carbocycles. The zero-order valence-electron chi connectivity index (χ0n) is 15.3. The van der Waals surface area contributed by atoms with Crippen molar-refractivity contribution in [3.63, 3.8) is 0 Å². The zero-order valence-corrected chi connectivity index (χ0v) is 16.1. The van der Waals surface area contributed by atoms with E-state index in [0.29, 0.717) is 39.8 Å². The number of allylic oxidation sites excluding steroid dienone is 1. The predicted octanol–water partition coefficient (Wildman–Crippen LogP) is 2.51. The topological polar surface area (TPSA) is 109 Å². The minimum Gasteiger partial charge on any atom is -0.396 e. The second-order valence-electron chi connectivity index (χ2n) is 5.80. The van der Waals surface area contributed by atoms with Gasteiger partial charge in [0.15, 0.2) is 0 Å². The molecule has 1 aromatic carbocycles. The highest BCUT2D eigenvalue weighted by Gasteiger charge is 2.17. The maximum Gasteiger partial charge on any atom is 0.223 e. The first-order valence-electron chi connectivity index (χ1n) is 8.34. The van der Waals surface area contributed by atoms with Crippen molar-refractivity contribution in [3.05, 3.63) is 64.1 Å². The van der Waals surface area contributed by atoms with E-state index in [4.69, 9.17) is 5.73 Å². The Balaban J connectivity index is 2.26. The third-order valence-corrected chi connectivity index (χ3v) is 5.05. The number of carbonyl (C=O) groups excluding carboxylic acids is 2. The number of hydrogen-bond donors (Lipinski definition) is 2. The molecule has 0 spiro atoms. The van der Waals surface area contributed by atoms with Gasteiger partial charge in [0.2, 0.25) is 11.5 Å². The summed E-state index contributed by atoms with van der Waals surface area (Å²) in [5, 5.41) is 9.23. The average Bonchev–Trinajstić information content (AvgIpc) is 2.67. The molecule has 0 aliphatic heterocycles. The van der Waals surface area contributed by atoms with Crippen molar-refractivity contribution in [3.8, 4) is 0 Å². The highest BCUT2D eigenvalue weighted by atomic mass is 32.2. The van der Waals surface area contributed by atoms with Crippen molar-refractivity contribution < 1.29 is 14.7 Å². The Morgan fingerprint density at radius 2 is 2.04 bits per heavy atom. The molecule has 0 saturated heterocycles. The van der Waals surface area contributed by atoms with Crippen molar-refractivity contribution in [2.24, 2.45) is 0 Å². The van der Waals surface area contributed by atoms with Crippen LogP contribution >= 0.6 is 11.8 Å². The van der Waals surface area contributed by atoms with Crippen molar-refractivity contribution in [1.82, 2.24) is 14.9 Å². The van der Waals surface area contributed by atoms with E-state index >= 15 is 0 Å². The standard InChI is InChI=1S/C19H22N4O3S/c1-13(23(12-25)11-16-10-21-14(2)22-18(16)20)17(8-9-24)27-19(26)15-6-4-3-5-7-15/h3-7,10,12,24H,8-9,11H2,1-2H3,(H2,20,21,22)/b17-13+. The van der Waals surface area contributed by atoms with Crippen LogP contribution in [0, 0.1) is 6.92 Å². The Morgan fingerprint density at radius 1 is 1.33 bits per heavy atom. The number of thioether (sulfide) groups is 1. The summed E-state index contributed by atoms with van der Waals surface area (Å²) in [6.45, 7) is 3.50. The van der Waals surface area contributed by atoms with E-state index in [2.05, 4.69) is 9.97 Å². The summed E-state index contributed by atoms with van der Waals surface area (Å²) in [6.07, 6.45) is 2.51. The Morgan fingerprint density at radius 3 is 2.63 bits per heavy atom. The number of aliphatic hydroxyl groups is 1. The SMILES string of the molecule is C/C(=C(/CCO)SC(=O)c1ccccc1)N(C=O)Cc1cnc(C)nc1N. The number of aliphatic hydroxyl groups excluding tert-OH is 1. The molecule has 27 heavy (non-hydrogen) atoms. The maximum atomic E-state index is 12.5. The Hall–Kier alpha value is -2.71. The van der Waals surface area contributed by atoms with Crippen LogP contribution in [0.3, 0.4) is 0 Å². The summed E-state index contributed by atoms with van der Waals surface area (Å²) in [7, 11) is 0. The molecule has 7 nitrogen and oxygen atoms in total. The summed E-state index contributed by atoms with van der Waals surface area (Å²) in [5.41, 5.74) is 7.65. The molecule has 8 heteroatoms. The van der Waals surface area contributed by atoms with Crippen LogP contribution in [-0.2, 0) is 11.3 Å². The molecular weight excluding hydrogens is 364 g/mol. The third kappa shape index (κ3) is 5.63. The van der Waals surface area contributed by atoms with Gasteiger partial charge >= 0.3 is 0 Å². The first-order chi connectivity index (χ1) is 13.0. The van der Waals surface area contributed by atoms with E-state index in [-0.39, 0.29) is 24.7 Å². The van der Waals surface area contributed by atoms with Gasteiger partial charge in [-0.2, -0.15) is 0 Å². The van der Waals surface area contributed by atoms with Crippen molar-refractivity contribution >= 4 is 29.1 Å². The molecule has 2 rings (SSSR count). The summed E-state index contributed by atoms with van der Waals surface area (Å²) in [4.78, 5) is 34.4. The van der Waals surface area contributed by atoms with Gasteiger partial charge in [0, 0.05) is 41.0 Å². The minimum atomic E-state index is -0.151. The van der Waals surface area contributed by atoms with Crippen LogP contribution in [0.15, 0.2) is 47.1 Å². The fraction of sp³-hybridized carbons (Fsp3) is 0.263. The summed E-state index contributed by atoms with van der Waals surface area (Å²) in [5.74, 6) is 0.852. The van der Waals surface area contributed by atoms with Crippen LogP contribution in [0.1, 0.15) is 35.1 Å². The van der Waals surface area contributed by atoms with Gasteiger partial charge in [0.1, 0.15) is 11.6 Å². The number of aryl methyl sites for hydroxylation is 1. The van der Waals surface area contributed by atoms with Gasteiger partial charge in [-0.3, -0.25) is 9.59 Å². The number of rotatable bonds is 8. The maximum absolute atomic E-state index is 12.5. The molecule has 0 fully saturated rings. The molecule has 3 N–H and O–H groups in total. The second kappa shape index (κ2) is 9.84. The number of amides is 1. The number of nitrogens with zero attached hydrogens (tertiary/aromatic N) is 3. The van der Waals surface area contributed by atoms with E-state index in [1.807, 2.05) is 6.07 Å². The number of nitrogens with two attached hydrogens (primary N) is 1. The molecule has 0 unspecified atom stereocenters. The summed E-state index contributed by atoms with van der Waals surface area (Å²) < 4.78 is 0. The van der Waals surface area contributed by atoms with Crippen LogP contribution in [-0.4, -0.2) is 38.1 Å². The predicted molar refractivity (Wildman–Crippen MR) is 106 cm³/mol. The van der Waals surface area contributed by atoms with Gasteiger partial charge in [-0.15, -0.1) is 0 Å².